The lowest BCUT2D eigenvalue weighted by molar-refractivity contribution is -0.139. The monoisotopic (exact) mass is 603 g/mol. The largest absolute Gasteiger partial charge is 0.343 e. The minimum absolute atomic E-state index is 0.0224. The number of carbonyl (C=O) groups is 3. The van der Waals surface area contributed by atoms with E-state index in [0.29, 0.717) is 44.2 Å². The van der Waals surface area contributed by atoms with Crippen molar-refractivity contribution < 1.29 is 14.4 Å². The Morgan fingerprint density at radius 3 is 2.59 bits per heavy atom. The highest BCUT2D eigenvalue weighted by Gasteiger charge is 2.39. The van der Waals surface area contributed by atoms with E-state index in [9.17, 15) is 14.4 Å². The van der Waals surface area contributed by atoms with E-state index in [1.54, 1.807) is 23.1 Å². The molecule has 3 amide bonds. The lowest BCUT2D eigenvalue weighted by Gasteiger charge is -2.37. The van der Waals surface area contributed by atoms with Crippen molar-refractivity contribution in [2.75, 3.05) is 26.2 Å². The minimum atomic E-state index is -0.556. The van der Waals surface area contributed by atoms with E-state index in [-0.39, 0.29) is 35.7 Å². The highest BCUT2D eigenvalue weighted by atomic mass is 16.2. The molecule has 44 heavy (non-hydrogen) atoms. The normalized spacial score (nSPS) is 18.7. The Balaban J connectivity index is 1.55. The molecule has 4 rings (SSSR count). The number of aryl methyl sites for hydroxylation is 1. The van der Waals surface area contributed by atoms with E-state index in [1.165, 1.54) is 0 Å². The van der Waals surface area contributed by atoms with Gasteiger partial charge in [-0.2, -0.15) is 0 Å². The van der Waals surface area contributed by atoms with Gasteiger partial charge >= 0.3 is 0 Å². The number of carbonyl (C=O) groups excluding carboxylic acids is 3. The van der Waals surface area contributed by atoms with Gasteiger partial charge in [0.2, 0.25) is 17.8 Å². The molecular formula is C34H49N7O3. The number of nitrogens with zero attached hydrogens (tertiary/aromatic N) is 5. The molecule has 2 aromatic rings. The third-order valence-corrected chi connectivity index (χ3v) is 8.85. The first-order valence-corrected chi connectivity index (χ1v) is 16.2. The van der Waals surface area contributed by atoms with Crippen LogP contribution in [-0.2, 0) is 23.1 Å². The van der Waals surface area contributed by atoms with Crippen LogP contribution in [0.3, 0.4) is 0 Å². The molecule has 2 N–H and O–H groups in total. The second-order valence-corrected chi connectivity index (χ2v) is 12.0. The van der Waals surface area contributed by atoms with Crippen LogP contribution < -0.4 is 10.6 Å². The zero-order valence-corrected chi connectivity index (χ0v) is 26.6. The van der Waals surface area contributed by atoms with Gasteiger partial charge in [0.05, 0.1) is 6.04 Å². The molecule has 2 heterocycles. The quantitative estimate of drug-likeness (QED) is 0.317. The van der Waals surface area contributed by atoms with Gasteiger partial charge < -0.3 is 25.0 Å². The maximum absolute atomic E-state index is 14.3. The maximum atomic E-state index is 14.3. The van der Waals surface area contributed by atoms with Crippen molar-refractivity contribution in [1.29, 1.82) is 0 Å². The summed E-state index contributed by atoms with van der Waals surface area (Å²) in [4.78, 5) is 53.8. The van der Waals surface area contributed by atoms with Crippen molar-refractivity contribution in [3.8, 4) is 0 Å². The standard InChI is InChI=1S/C34H49N7O3/c1-5-20-36-34-37-29(24-39(34)4)32(43)40(22-19-26-14-9-7-10-15-26)23-28-18-13-21-41(28)33(44)30(27-16-11-8-12-17-27)38-31(42)25(3)35-6-2/h5,7,9-10,14-15,20,24-25,27-28,30,35H,1,6,8,11-13,16-19,21-23H2,2-4H3,(H,38,42)/t25-,28-,30-/m0/s1. The van der Waals surface area contributed by atoms with Gasteiger partial charge in [-0.05, 0) is 57.1 Å². The zero-order chi connectivity index (χ0) is 31.5. The molecule has 10 heteroatoms. The van der Waals surface area contributed by atoms with Gasteiger partial charge in [-0.1, -0.05) is 69.2 Å². The molecule has 1 saturated carbocycles. The van der Waals surface area contributed by atoms with Crippen molar-refractivity contribution in [1.82, 2.24) is 30.0 Å². The van der Waals surface area contributed by atoms with Crippen molar-refractivity contribution in [2.45, 2.75) is 83.3 Å². The van der Waals surface area contributed by atoms with Crippen LogP contribution >= 0.6 is 0 Å². The first-order valence-electron chi connectivity index (χ1n) is 16.2. The molecule has 1 aromatic heterocycles. The molecule has 0 radical (unpaired) electrons. The van der Waals surface area contributed by atoms with Gasteiger partial charge in [0.1, 0.15) is 11.7 Å². The number of amides is 3. The SMILES string of the molecule is C=CC=Nc1nc(C(=O)N(CCc2ccccc2)C[C@@H]2CCCN2C(=O)[C@@H](NC(=O)[C@H](C)NCC)C2CCCCC2)cn1C. The summed E-state index contributed by atoms with van der Waals surface area (Å²) in [6.07, 6.45) is 12.3. The molecule has 10 nitrogen and oxygen atoms in total. The minimum Gasteiger partial charge on any atom is -0.343 e. The molecule has 0 spiro atoms. The first-order chi connectivity index (χ1) is 21.3. The molecule has 0 unspecified atom stereocenters. The number of hydrogen-bond acceptors (Lipinski definition) is 6. The Hall–Kier alpha value is -3.79. The number of benzene rings is 1. The van der Waals surface area contributed by atoms with E-state index >= 15 is 0 Å². The molecule has 0 bridgehead atoms. The van der Waals surface area contributed by atoms with Crippen LogP contribution in [0.2, 0.25) is 0 Å². The fourth-order valence-corrected chi connectivity index (χ4v) is 6.42. The summed E-state index contributed by atoms with van der Waals surface area (Å²) in [6, 6.07) is 9.02. The predicted molar refractivity (Wildman–Crippen MR) is 174 cm³/mol. The molecule has 238 valence electrons. The van der Waals surface area contributed by atoms with Crippen molar-refractivity contribution in [3.05, 3.63) is 60.4 Å². The second-order valence-electron chi connectivity index (χ2n) is 12.0. The maximum Gasteiger partial charge on any atom is 0.274 e. The number of rotatable bonds is 14. The van der Waals surface area contributed by atoms with E-state index in [0.717, 1.165) is 50.5 Å². The molecule has 1 saturated heterocycles. The van der Waals surface area contributed by atoms with Crippen molar-refractivity contribution in [2.24, 2.45) is 18.0 Å². The van der Waals surface area contributed by atoms with Gasteiger partial charge in [0.25, 0.3) is 5.91 Å². The zero-order valence-electron chi connectivity index (χ0n) is 26.6. The van der Waals surface area contributed by atoms with Crippen LogP contribution in [0.4, 0.5) is 5.95 Å². The molecule has 1 aromatic carbocycles. The van der Waals surface area contributed by atoms with Gasteiger partial charge in [0, 0.05) is 45.1 Å². The number of imidazole rings is 1. The third kappa shape index (κ3) is 8.65. The smallest absolute Gasteiger partial charge is 0.274 e. The van der Waals surface area contributed by atoms with Gasteiger partial charge in [-0.15, -0.1) is 0 Å². The highest BCUT2D eigenvalue weighted by molar-refractivity contribution is 5.93. The topological polar surface area (TPSA) is 112 Å². The lowest BCUT2D eigenvalue weighted by Crippen LogP contribution is -2.57. The molecule has 3 atom stereocenters. The van der Waals surface area contributed by atoms with E-state index in [1.807, 2.05) is 48.9 Å². The van der Waals surface area contributed by atoms with Gasteiger partial charge in [-0.3, -0.25) is 14.4 Å². The van der Waals surface area contributed by atoms with Crippen LogP contribution in [0, 0.1) is 5.92 Å². The summed E-state index contributed by atoms with van der Waals surface area (Å²) >= 11 is 0. The fourth-order valence-electron chi connectivity index (χ4n) is 6.42. The fraction of sp³-hybridized carbons (Fsp3) is 0.559. The number of aromatic nitrogens is 2. The van der Waals surface area contributed by atoms with E-state index < -0.39 is 6.04 Å². The van der Waals surface area contributed by atoms with Crippen molar-refractivity contribution >= 4 is 29.9 Å². The van der Waals surface area contributed by atoms with E-state index in [4.69, 9.17) is 0 Å². The number of nitrogens with one attached hydrogen (secondary N) is 2. The number of hydrogen-bond donors (Lipinski definition) is 2. The number of aliphatic imine (C=N–C) groups is 1. The second kappa shape index (κ2) is 16.3. The molecule has 2 fully saturated rings. The summed E-state index contributed by atoms with van der Waals surface area (Å²) in [6.45, 7) is 9.65. The summed E-state index contributed by atoms with van der Waals surface area (Å²) in [5, 5.41) is 6.30. The lowest BCUT2D eigenvalue weighted by atomic mass is 9.83. The molecule has 1 aliphatic heterocycles. The van der Waals surface area contributed by atoms with Crippen LogP contribution in [-0.4, -0.2) is 87.6 Å². The highest BCUT2D eigenvalue weighted by Crippen LogP contribution is 2.30. The third-order valence-electron chi connectivity index (χ3n) is 8.85. The van der Waals surface area contributed by atoms with Crippen molar-refractivity contribution in [3.63, 3.8) is 0 Å². The van der Waals surface area contributed by atoms with Gasteiger partial charge in [0.15, 0.2) is 0 Å². The number of allylic oxidation sites excluding steroid dienone is 1. The Labute approximate surface area is 262 Å². The summed E-state index contributed by atoms with van der Waals surface area (Å²) in [7, 11) is 1.81. The van der Waals surface area contributed by atoms with Crippen LogP contribution in [0.5, 0.6) is 0 Å². The Kier molecular flexibility index (Phi) is 12.3. The van der Waals surface area contributed by atoms with Crippen LogP contribution in [0.25, 0.3) is 0 Å². The average molecular weight is 604 g/mol. The number of likely N-dealkylation sites (tertiary alicyclic amines) is 1. The summed E-state index contributed by atoms with van der Waals surface area (Å²) in [5.41, 5.74) is 1.45. The average Bonchev–Trinajstić information content (AvgIpc) is 3.67. The van der Waals surface area contributed by atoms with E-state index in [2.05, 4.69) is 39.3 Å². The Morgan fingerprint density at radius 2 is 1.89 bits per heavy atom. The van der Waals surface area contributed by atoms with Crippen LogP contribution in [0.1, 0.15) is 74.8 Å². The number of likely N-dealkylation sites (N-methyl/N-ethyl adjacent to an activating group) is 1. The molecule has 2 aliphatic rings. The molecule has 1 aliphatic carbocycles. The predicted octanol–water partition coefficient (Wildman–Crippen LogP) is 4.05. The summed E-state index contributed by atoms with van der Waals surface area (Å²) in [5.74, 6) is 0.190. The Bertz CT molecular complexity index is 1290. The first kappa shape index (κ1) is 33.1. The van der Waals surface area contributed by atoms with Gasteiger partial charge in [-0.25, -0.2) is 9.98 Å². The van der Waals surface area contributed by atoms with Crippen LogP contribution in [0.15, 0.2) is 54.2 Å². The molecular weight excluding hydrogens is 554 g/mol. The summed E-state index contributed by atoms with van der Waals surface area (Å²) < 4.78 is 1.72. The Morgan fingerprint density at radius 1 is 1.14 bits per heavy atom.